The number of Topliss-reactive ketones (excluding diaryl/α,β-unsaturated/α-hetero) is 1. The lowest BCUT2D eigenvalue weighted by Gasteiger charge is -2.09. The standard InChI is InChI=1S/C21H21N5O2/c1-14(27)9-11-24-17-5-3-2-4-16(17)23-20(24)13-25-19-12-22-10-8-18(19)26(21(25)28)15-6-7-15/h2-5,8,10,12,15H,6-7,9,11,13H2,1H3. The second kappa shape index (κ2) is 6.44. The monoisotopic (exact) mass is 375 g/mol. The number of hydrogen-bond donors (Lipinski definition) is 0. The number of ketones is 1. The number of imidazole rings is 2. The lowest BCUT2D eigenvalue weighted by molar-refractivity contribution is -0.117. The van der Waals surface area contributed by atoms with E-state index in [2.05, 4.69) is 9.55 Å². The first-order valence-corrected chi connectivity index (χ1v) is 9.62. The van der Waals surface area contributed by atoms with Gasteiger partial charge in [-0.25, -0.2) is 9.78 Å². The van der Waals surface area contributed by atoms with Gasteiger partial charge in [-0.2, -0.15) is 0 Å². The molecule has 5 rings (SSSR count). The van der Waals surface area contributed by atoms with Gasteiger partial charge in [0, 0.05) is 25.2 Å². The molecule has 0 N–H and O–H groups in total. The van der Waals surface area contributed by atoms with Crippen LogP contribution in [-0.2, 0) is 17.9 Å². The summed E-state index contributed by atoms with van der Waals surface area (Å²) in [5.41, 5.74) is 3.59. The van der Waals surface area contributed by atoms with Gasteiger partial charge in [0.25, 0.3) is 0 Å². The van der Waals surface area contributed by atoms with Crippen molar-refractivity contribution in [1.82, 2.24) is 23.7 Å². The Labute approximate surface area is 161 Å². The Morgan fingerprint density at radius 3 is 2.71 bits per heavy atom. The van der Waals surface area contributed by atoms with Crippen molar-refractivity contribution >= 4 is 27.9 Å². The second-order valence-electron chi connectivity index (χ2n) is 7.45. The van der Waals surface area contributed by atoms with E-state index in [0.717, 1.165) is 40.7 Å². The van der Waals surface area contributed by atoms with Crippen molar-refractivity contribution in [3.63, 3.8) is 0 Å². The third kappa shape index (κ3) is 2.74. The van der Waals surface area contributed by atoms with E-state index in [1.165, 1.54) is 0 Å². The molecule has 1 saturated carbocycles. The van der Waals surface area contributed by atoms with Crippen LogP contribution in [0.4, 0.5) is 0 Å². The van der Waals surface area contributed by atoms with Crippen molar-refractivity contribution in [3.8, 4) is 0 Å². The maximum absolute atomic E-state index is 13.2. The molecule has 0 aliphatic heterocycles. The molecular formula is C21H21N5O2. The molecule has 0 atom stereocenters. The summed E-state index contributed by atoms with van der Waals surface area (Å²) in [5.74, 6) is 0.915. The topological polar surface area (TPSA) is 74.7 Å². The van der Waals surface area contributed by atoms with Crippen molar-refractivity contribution in [2.24, 2.45) is 0 Å². The van der Waals surface area contributed by atoms with E-state index >= 15 is 0 Å². The summed E-state index contributed by atoms with van der Waals surface area (Å²) in [6.07, 6.45) is 6.00. The number of aromatic nitrogens is 5. The molecule has 0 spiro atoms. The number of carbonyl (C=O) groups is 1. The molecule has 0 radical (unpaired) electrons. The van der Waals surface area contributed by atoms with Crippen LogP contribution in [0.15, 0.2) is 47.5 Å². The van der Waals surface area contributed by atoms with Crippen molar-refractivity contribution in [2.75, 3.05) is 0 Å². The van der Waals surface area contributed by atoms with Gasteiger partial charge in [0.15, 0.2) is 0 Å². The molecule has 1 aliphatic carbocycles. The number of nitrogens with zero attached hydrogens (tertiary/aromatic N) is 5. The largest absolute Gasteiger partial charge is 0.329 e. The fourth-order valence-electron chi connectivity index (χ4n) is 3.87. The zero-order chi connectivity index (χ0) is 19.3. The summed E-state index contributed by atoms with van der Waals surface area (Å²) in [4.78, 5) is 33.7. The summed E-state index contributed by atoms with van der Waals surface area (Å²) >= 11 is 0. The van der Waals surface area contributed by atoms with Gasteiger partial charge in [-0.15, -0.1) is 0 Å². The first-order chi connectivity index (χ1) is 13.6. The van der Waals surface area contributed by atoms with Gasteiger partial charge < -0.3 is 4.57 Å². The first-order valence-electron chi connectivity index (χ1n) is 9.62. The number of carbonyl (C=O) groups excluding carboxylic acids is 1. The predicted octanol–water partition coefficient (Wildman–Crippen LogP) is 2.91. The average Bonchev–Trinajstić information content (AvgIpc) is 3.40. The van der Waals surface area contributed by atoms with E-state index in [4.69, 9.17) is 4.98 Å². The summed E-state index contributed by atoms with van der Waals surface area (Å²) in [6.45, 7) is 2.50. The molecule has 3 heterocycles. The van der Waals surface area contributed by atoms with Gasteiger partial charge in [0.1, 0.15) is 11.6 Å². The lowest BCUT2D eigenvalue weighted by atomic mass is 10.3. The van der Waals surface area contributed by atoms with E-state index in [-0.39, 0.29) is 17.5 Å². The molecule has 3 aromatic heterocycles. The summed E-state index contributed by atoms with van der Waals surface area (Å²) < 4.78 is 5.70. The SMILES string of the molecule is CC(=O)CCn1c(Cn2c(=O)n(C3CC3)c3ccncc32)nc2ccccc21. The van der Waals surface area contributed by atoms with Crippen LogP contribution >= 0.6 is 0 Å². The van der Waals surface area contributed by atoms with Gasteiger partial charge in [0.2, 0.25) is 0 Å². The normalized spacial score (nSPS) is 14.2. The van der Waals surface area contributed by atoms with Crippen LogP contribution in [0.3, 0.4) is 0 Å². The Balaban J connectivity index is 1.65. The van der Waals surface area contributed by atoms with E-state index in [9.17, 15) is 9.59 Å². The molecule has 7 heteroatoms. The second-order valence-corrected chi connectivity index (χ2v) is 7.45. The highest BCUT2D eigenvalue weighted by molar-refractivity contribution is 5.78. The number of aryl methyl sites for hydroxylation is 1. The predicted molar refractivity (Wildman–Crippen MR) is 106 cm³/mol. The van der Waals surface area contributed by atoms with Crippen LogP contribution in [0.1, 0.15) is 38.1 Å². The minimum absolute atomic E-state index is 0.0179. The van der Waals surface area contributed by atoms with Crippen molar-refractivity contribution in [3.05, 3.63) is 59.0 Å². The Kier molecular flexibility index (Phi) is 3.89. The third-order valence-electron chi connectivity index (χ3n) is 5.40. The Morgan fingerprint density at radius 2 is 1.93 bits per heavy atom. The molecule has 142 valence electrons. The number of fused-ring (bicyclic) bond motifs is 2. The number of hydrogen-bond acceptors (Lipinski definition) is 4. The Morgan fingerprint density at radius 1 is 1.11 bits per heavy atom. The first kappa shape index (κ1) is 16.9. The lowest BCUT2D eigenvalue weighted by Crippen LogP contribution is -2.25. The Bertz CT molecular complexity index is 1260. The van der Waals surface area contributed by atoms with E-state index in [1.54, 1.807) is 23.9 Å². The van der Waals surface area contributed by atoms with Crippen LogP contribution in [0.2, 0.25) is 0 Å². The molecule has 0 amide bonds. The van der Waals surface area contributed by atoms with E-state index in [0.29, 0.717) is 19.5 Å². The van der Waals surface area contributed by atoms with E-state index < -0.39 is 0 Å². The molecule has 1 aliphatic rings. The molecule has 0 bridgehead atoms. The highest BCUT2D eigenvalue weighted by Gasteiger charge is 2.29. The molecule has 1 aromatic carbocycles. The van der Waals surface area contributed by atoms with Crippen LogP contribution in [-0.4, -0.2) is 29.5 Å². The van der Waals surface area contributed by atoms with Crippen molar-refractivity contribution in [2.45, 2.75) is 45.3 Å². The third-order valence-corrected chi connectivity index (χ3v) is 5.40. The molecule has 0 saturated heterocycles. The van der Waals surface area contributed by atoms with Gasteiger partial charge in [-0.05, 0) is 38.0 Å². The van der Waals surface area contributed by atoms with Crippen LogP contribution in [0.5, 0.6) is 0 Å². The van der Waals surface area contributed by atoms with Gasteiger partial charge in [-0.1, -0.05) is 12.1 Å². The highest BCUT2D eigenvalue weighted by Crippen LogP contribution is 2.36. The fraction of sp³-hybridized carbons (Fsp3) is 0.333. The molecule has 1 fully saturated rings. The number of rotatable bonds is 6. The van der Waals surface area contributed by atoms with Crippen molar-refractivity contribution in [1.29, 1.82) is 0 Å². The number of benzene rings is 1. The highest BCUT2D eigenvalue weighted by atomic mass is 16.2. The number of pyridine rings is 1. The van der Waals surface area contributed by atoms with Crippen LogP contribution in [0.25, 0.3) is 22.1 Å². The Hall–Kier alpha value is -3.22. The summed E-state index contributed by atoms with van der Waals surface area (Å²) in [7, 11) is 0. The molecule has 28 heavy (non-hydrogen) atoms. The maximum atomic E-state index is 13.2. The maximum Gasteiger partial charge on any atom is 0.329 e. The van der Waals surface area contributed by atoms with Crippen LogP contribution < -0.4 is 5.69 Å². The minimum Gasteiger partial charge on any atom is -0.326 e. The average molecular weight is 375 g/mol. The zero-order valence-corrected chi connectivity index (χ0v) is 15.7. The summed E-state index contributed by atoms with van der Waals surface area (Å²) in [5, 5.41) is 0. The quantitative estimate of drug-likeness (QED) is 0.519. The molecule has 4 aromatic rings. The van der Waals surface area contributed by atoms with E-state index in [1.807, 2.05) is 34.9 Å². The molecular weight excluding hydrogens is 354 g/mol. The smallest absolute Gasteiger partial charge is 0.326 e. The zero-order valence-electron chi connectivity index (χ0n) is 15.7. The van der Waals surface area contributed by atoms with Crippen molar-refractivity contribution < 1.29 is 4.79 Å². The van der Waals surface area contributed by atoms with Gasteiger partial charge >= 0.3 is 5.69 Å². The fourth-order valence-corrected chi connectivity index (χ4v) is 3.87. The van der Waals surface area contributed by atoms with Crippen LogP contribution in [0, 0.1) is 0 Å². The van der Waals surface area contributed by atoms with Gasteiger partial charge in [0.05, 0.1) is 34.8 Å². The van der Waals surface area contributed by atoms with Gasteiger partial charge in [-0.3, -0.25) is 18.9 Å². The molecule has 7 nitrogen and oxygen atoms in total. The number of para-hydroxylation sites is 2. The molecule has 0 unspecified atom stereocenters. The minimum atomic E-state index is -0.0179. The summed E-state index contributed by atoms with van der Waals surface area (Å²) in [6, 6.07) is 10.1.